The molecular formula is C15H19N3O3. The van der Waals surface area contributed by atoms with Crippen LogP contribution in [0.5, 0.6) is 17.2 Å². The van der Waals surface area contributed by atoms with E-state index in [9.17, 15) is 0 Å². The van der Waals surface area contributed by atoms with Crippen LogP contribution < -0.4 is 19.5 Å². The lowest BCUT2D eigenvalue weighted by Gasteiger charge is -2.20. The molecule has 0 radical (unpaired) electrons. The minimum atomic E-state index is -0.159. The maximum Gasteiger partial charge on any atom is 0.164 e. The van der Waals surface area contributed by atoms with Gasteiger partial charge in [0.25, 0.3) is 0 Å². The molecule has 6 heteroatoms. The maximum absolute atomic E-state index is 5.47. The molecule has 0 aliphatic heterocycles. The van der Waals surface area contributed by atoms with E-state index in [4.69, 9.17) is 14.2 Å². The third-order valence-electron chi connectivity index (χ3n) is 3.21. The van der Waals surface area contributed by atoms with E-state index in [1.807, 2.05) is 13.1 Å². The lowest BCUT2D eigenvalue weighted by molar-refractivity contribution is 0.346. The fourth-order valence-electron chi connectivity index (χ4n) is 2.20. The van der Waals surface area contributed by atoms with Crippen LogP contribution in [-0.4, -0.2) is 38.3 Å². The van der Waals surface area contributed by atoms with E-state index in [2.05, 4.69) is 15.3 Å². The summed E-state index contributed by atoms with van der Waals surface area (Å²) in [4.78, 5) is 8.46. The van der Waals surface area contributed by atoms with Crippen LogP contribution in [0, 0.1) is 0 Å². The first-order chi connectivity index (χ1) is 10.2. The number of hydrogen-bond donors (Lipinski definition) is 1. The Morgan fingerprint density at radius 1 is 0.952 bits per heavy atom. The van der Waals surface area contributed by atoms with Gasteiger partial charge in [-0.05, 0) is 13.1 Å². The van der Waals surface area contributed by atoms with Gasteiger partial charge in [-0.15, -0.1) is 0 Å². The zero-order valence-corrected chi connectivity index (χ0v) is 12.6. The SMILES string of the molecule is CNC(c1cnccn1)c1cc(OC)c(OC)cc1OC. The molecule has 0 amide bonds. The van der Waals surface area contributed by atoms with Gasteiger partial charge in [-0.3, -0.25) is 9.97 Å². The number of ether oxygens (including phenoxy) is 3. The molecule has 2 rings (SSSR count). The van der Waals surface area contributed by atoms with E-state index < -0.39 is 0 Å². The second-order valence-electron chi connectivity index (χ2n) is 4.30. The number of methoxy groups -OCH3 is 3. The lowest BCUT2D eigenvalue weighted by Crippen LogP contribution is -2.20. The van der Waals surface area contributed by atoms with Crippen LogP contribution in [0.25, 0.3) is 0 Å². The molecule has 1 unspecified atom stereocenters. The van der Waals surface area contributed by atoms with Gasteiger partial charge in [-0.25, -0.2) is 0 Å². The number of nitrogens with one attached hydrogen (secondary N) is 1. The molecule has 0 aliphatic rings. The van der Waals surface area contributed by atoms with E-state index in [0.29, 0.717) is 17.2 Å². The van der Waals surface area contributed by atoms with Gasteiger partial charge in [0.05, 0.1) is 39.3 Å². The minimum Gasteiger partial charge on any atom is -0.496 e. The second kappa shape index (κ2) is 6.90. The topological polar surface area (TPSA) is 65.5 Å². The summed E-state index contributed by atoms with van der Waals surface area (Å²) in [5.41, 5.74) is 1.70. The van der Waals surface area contributed by atoms with Crippen molar-refractivity contribution in [1.82, 2.24) is 15.3 Å². The molecule has 1 aromatic carbocycles. The molecule has 112 valence electrons. The van der Waals surface area contributed by atoms with Crippen LogP contribution in [0.2, 0.25) is 0 Å². The Morgan fingerprint density at radius 3 is 2.14 bits per heavy atom. The third kappa shape index (κ3) is 3.05. The molecule has 21 heavy (non-hydrogen) atoms. The first-order valence-corrected chi connectivity index (χ1v) is 6.48. The fraction of sp³-hybridized carbons (Fsp3) is 0.333. The Balaban J connectivity index is 2.54. The molecule has 1 heterocycles. The van der Waals surface area contributed by atoms with E-state index in [-0.39, 0.29) is 6.04 Å². The zero-order valence-electron chi connectivity index (χ0n) is 12.6. The molecular weight excluding hydrogens is 270 g/mol. The van der Waals surface area contributed by atoms with Crippen molar-refractivity contribution >= 4 is 0 Å². The molecule has 1 atom stereocenters. The second-order valence-corrected chi connectivity index (χ2v) is 4.30. The predicted octanol–water partition coefficient (Wildman–Crippen LogP) is 1.81. The highest BCUT2D eigenvalue weighted by molar-refractivity contribution is 5.53. The number of rotatable bonds is 6. The van der Waals surface area contributed by atoms with Gasteiger partial charge in [0.15, 0.2) is 11.5 Å². The first-order valence-electron chi connectivity index (χ1n) is 6.48. The van der Waals surface area contributed by atoms with Gasteiger partial charge in [0.2, 0.25) is 0 Å². The Bertz CT molecular complexity index is 590. The summed E-state index contributed by atoms with van der Waals surface area (Å²) in [7, 11) is 6.67. The van der Waals surface area contributed by atoms with Crippen LogP contribution in [0.15, 0.2) is 30.7 Å². The van der Waals surface area contributed by atoms with Crippen molar-refractivity contribution in [2.75, 3.05) is 28.4 Å². The highest BCUT2D eigenvalue weighted by Gasteiger charge is 2.21. The van der Waals surface area contributed by atoms with E-state index in [1.54, 1.807) is 46.0 Å². The first kappa shape index (κ1) is 15.1. The molecule has 0 spiro atoms. The number of benzene rings is 1. The van der Waals surface area contributed by atoms with Gasteiger partial charge in [0.1, 0.15) is 5.75 Å². The summed E-state index contributed by atoms with van der Waals surface area (Å²) in [6, 6.07) is 3.52. The standard InChI is InChI=1S/C15H19N3O3/c1-16-15(11-9-17-5-6-18-11)10-7-13(20-3)14(21-4)8-12(10)19-2/h5-9,15-16H,1-4H3. The predicted molar refractivity (Wildman–Crippen MR) is 79.0 cm³/mol. The third-order valence-corrected chi connectivity index (χ3v) is 3.21. The monoisotopic (exact) mass is 289 g/mol. The number of hydrogen-bond acceptors (Lipinski definition) is 6. The molecule has 0 saturated heterocycles. The molecule has 1 N–H and O–H groups in total. The maximum atomic E-state index is 5.47. The average Bonchev–Trinajstić information content (AvgIpc) is 2.56. The van der Waals surface area contributed by atoms with Crippen LogP contribution in [0.1, 0.15) is 17.3 Å². The smallest absolute Gasteiger partial charge is 0.164 e. The molecule has 0 aliphatic carbocycles. The minimum absolute atomic E-state index is 0.159. The van der Waals surface area contributed by atoms with Gasteiger partial charge in [0, 0.05) is 24.0 Å². The summed E-state index contributed by atoms with van der Waals surface area (Å²) in [6.45, 7) is 0. The molecule has 0 fully saturated rings. The Labute approximate surface area is 124 Å². The summed E-state index contributed by atoms with van der Waals surface area (Å²) in [5.74, 6) is 1.95. The largest absolute Gasteiger partial charge is 0.496 e. The van der Waals surface area contributed by atoms with Crippen molar-refractivity contribution in [3.63, 3.8) is 0 Å². The molecule has 6 nitrogen and oxygen atoms in total. The summed E-state index contributed by atoms with van der Waals surface area (Å²) < 4.78 is 16.1. The van der Waals surface area contributed by atoms with E-state index >= 15 is 0 Å². The molecule has 1 aromatic heterocycles. The van der Waals surface area contributed by atoms with Gasteiger partial charge in [-0.2, -0.15) is 0 Å². The van der Waals surface area contributed by atoms with E-state index in [0.717, 1.165) is 11.3 Å². The van der Waals surface area contributed by atoms with Crippen LogP contribution in [0.3, 0.4) is 0 Å². The van der Waals surface area contributed by atoms with Crippen molar-refractivity contribution in [2.24, 2.45) is 0 Å². The fourth-order valence-corrected chi connectivity index (χ4v) is 2.20. The molecule has 2 aromatic rings. The normalized spacial score (nSPS) is 11.8. The zero-order chi connectivity index (χ0) is 15.2. The highest BCUT2D eigenvalue weighted by atomic mass is 16.5. The van der Waals surface area contributed by atoms with Gasteiger partial charge < -0.3 is 19.5 Å². The summed E-state index contributed by atoms with van der Waals surface area (Å²) >= 11 is 0. The van der Waals surface area contributed by atoms with Crippen molar-refractivity contribution in [3.8, 4) is 17.2 Å². The van der Waals surface area contributed by atoms with Crippen LogP contribution in [0.4, 0.5) is 0 Å². The van der Waals surface area contributed by atoms with Gasteiger partial charge >= 0.3 is 0 Å². The number of nitrogens with zero attached hydrogens (tertiary/aromatic N) is 2. The molecule has 0 bridgehead atoms. The average molecular weight is 289 g/mol. The highest BCUT2D eigenvalue weighted by Crippen LogP contribution is 2.38. The Hall–Kier alpha value is -2.34. The van der Waals surface area contributed by atoms with Crippen LogP contribution >= 0.6 is 0 Å². The van der Waals surface area contributed by atoms with Crippen molar-refractivity contribution in [2.45, 2.75) is 6.04 Å². The summed E-state index contributed by atoms with van der Waals surface area (Å²) in [6.07, 6.45) is 5.02. The van der Waals surface area contributed by atoms with E-state index in [1.165, 1.54) is 0 Å². The van der Waals surface area contributed by atoms with Crippen molar-refractivity contribution in [3.05, 3.63) is 42.0 Å². The quantitative estimate of drug-likeness (QED) is 0.875. The van der Waals surface area contributed by atoms with Crippen molar-refractivity contribution < 1.29 is 14.2 Å². The van der Waals surface area contributed by atoms with Gasteiger partial charge in [-0.1, -0.05) is 0 Å². The van der Waals surface area contributed by atoms with Crippen LogP contribution in [-0.2, 0) is 0 Å². The Kier molecular flexibility index (Phi) is 4.94. The van der Waals surface area contributed by atoms with Crippen molar-refractivity contribution in [1.29, 1.82) is 0 Å². The summed E-state index contributed by atoms with van der Waals surface area (Å²) in [5, 5.41) is 3.22. The molecule has 0 saturated carbocycles. The lowest BCUT2D eigenvalue weighted by atomic mass is 10.0. The Morgan fingerprint density at radius 2 is 1.62 bits per heavy atom. The number of aromatic nitrogens is 2.